The summed E-state index contributed by atoms with van der Waals surface area (Å²) in [4.78, 5) is 0. The molecule has 2 aromatic rings. The number of aromatic nitrogens is 2. The largest absolute Gasteiger partial charge is 0.416 e. The van der Waals surface area contributed by atoms with E-state index in [0.29, 0.717) is 18.1 Å². The Bertz CT molecular complexity index is 657. The van der Waals surface area contributed by atoms with E-state index in [4.69, 9.17) is 23.8 Å². The van der Waals surface area contributed by atoms with Crippen LogP contribution >= 0.6 is 23.8 Å². The van der Waals surface area contributed by atoms with Gasteiger partial charge in [-0.05, 0) is 30.4 Å². The maximum absolute atomic E-state index is 12.6. The molecule has 0 unspecified atom stereocenters. The van der Waals surface area contributed by atoms with Crippen LogP contribution in [0.1, 0.15) is 5.56 Å². The highest BCUT2D eigenvalue weighted by atomic mass is 35.5. The van der Waals surface area contributed by atoms with E-state index in [1.807, 2.05) is 0 Å². The summed E-state index contributed by atoms with van der Waals surface area (Å²) in [5.41, 5.74) is -0.457. The van der Waals surface area contributed by atoms with Gasteiger partial charge >= 0.3 is 6.18 Å². The van der Waals surface area contributed by atoms with Crippen LogP contribution < -0.4 is 10.6 Å². The number of alkyl halides is 3. The summed E-state index contributed by atoms with van der Waals surface area (Å²) in [7, 11) is 0. The highest BCUT2D eigenvalue weighted by Crippen LogP contribution is 2.30. The van der Waals surface area contributed by atoms with Crippen molar-refractivity contribution in [2.24, 2.45) is 0 Å². The highest BCUT2D eigenvalue weighted by molar-refractivity contribution is 7.80. The van der Waals surface area contributed by atoms with Gasteiger partial charge in [0, 0.05) is 18.4 Å². The Hall–Kier alpha value is -1.80. The van der Waals surface area contributed by atoms with Gasteiger partial charge in [-0.2, -0.15) is 18.3 Å². The third-order valence-electron chi connectivity index (χ3n) is 2.68. The number of thiocarbonyl (C=S) groups is 1. The van der Waals surface area contributed by atoms with Gasteiger partial charge in [-0.3, -0.25) is 4.68 Å². The minimum Gasteiger partial charge on any atom is -0.361 e. The molecule has 0 aliphatic heterocycles. The van der Waals surface area contributed by atoms with Crippen molar-refractivity contribution < 1.29 is 13.2 Å². The lowest BCUT2D eigenvalue weighted by Crippen LogP contribution is -2.31. The first-order chi connectivity index (χ1) is 10.3. The van der Waals surface area contributed by atoms with Gasteiger partial charge in [-0.25, -0.2) is 0 Å². The van der Waals surface area contributed by atoms with E-state index in [-0.39, 0.29) is 10.8 Å². The summed E-state index contributed by atoms with van der Waals surface area (Å²) in [6.45, 7) is 0.986. The molecule has 1 aromatic carbocycles. The number of nitrogens with one attached hydrogen (secondary N) is 2. The molecule has 0 radical (unpaired) electrons. The molecular formula is C13H12ClF3N4S. The summed E-state index contributed by atoms with van der Waals surface area (Å²) in [6.07, 6.45) is -1.21. The Labute approximate surface area is 135 Å². The number of hydrogen-bond donors (Lipinski definition) is 2. The van der Waals surface area contributed by atoms with Crippen molar-refractivity contribution in [2.45, 2.75) is 12.7 Å². The second-order valence-electron chi connectivity index (χ2n) is 4.38. The molecule has 0 saturated heterocycles. The predicted molar refractivity (Wildman–Crippen MR) is 82.9 cm³/mol. The Morgan fingerprint density at radius 3 is 2.77 bits per heavy atom. The van der Waals surface area contributed by atoms with E-state index in [1.165, 1.54) is 18.3 Å². The second-order valence-corrected chi connectivity index (χ2v) is 5.23. The number of halogens is 4. The van der Waals surface area contributed by atoms with Gasteiger partial charge in [-0.1, -0.05) is 17.7 Å². The van der Waals surface area contributed by atoms with Crippen LogP contribution in [0.5, 0.6) is 0 Å². The SMILES string of the molecule is FC(F)(F)c1cccc(NC(=S)NCCn2cc(Cl)cn2)c1. The number of benzene rings is 1. The molecule has 2 N–H and O–H groups in total. The molecule has 0 saturated carbocycles. The number of hydrogen-bond acceptors (Lipinski definition) is 2. The quantitative estimate of drug-likeness (QED) is 0.829. The topological polar surface area (TPSA) is 41.9 Å². The second kappa shape index (κ2) is 6.97. The van der Waals surface area contributed by atoms with Crippen molar-refractivity contribution in [3.8, 4) is 0 Å². The number of nitrogens with zero attached hydrogens (tertiary/aromatic N) is 2. The standard InChI is InChI=1S/C13H12ClF3N4S/c14-10-7-19-21(8-10)5-4-18-12(22)20-11-3-1-2-9(6-11)13(15,16)17/h1-3,6-8H,4-5H2,(H2,18,20,22). The van der Waals surface area contributed by atoms with Gasteiger partial charge in [0.1, 0.15) is 0 Å². The smallest absolute Gasteiger partial charge is 0.361 e. The van der Waals surface area contributed by atoms with E-state index in [9.17, 15) is 13.2 Å². The van der Waals surface area contributed by atoms with Crippen LogP contribution in [-0.2, 0) is 12.7 Å². The molecule has 0 aliphatic rings. The molecule has 9 heteroatoms. The van der Waals surface area contributed by atoms with E-state index in [0.717, 1.165) is 12.1 Å². The van der Waals surface area contributed by atoms with Crippen molar-refractivity contribution in [3.63, 3.8) is 0 Å². The summed E-state index contributed by atoms with van der Waals surface area (Å²) < 4.78 is 39.4. The molecule has 1 aromatic heterocycles. The van der Waals surface area contributed by atoms with Crippen molar-refractivity contribution in [3.05, 3.63) is 47.2 Å². The fourth-order valence-corrected chi connectivity index (χ4v) is 2.07. The van der Waals surface area contributed by atoms with Gasteiger partial charge in [-0.15, -0.1) is 0 Å². The molecule has 0 spiro atoms. The van der Waals surface area contributed by atoms with Crippen molar-refractivity contribution in [1.29, 1.82) is 0 Å². The lowest BCUT2D eigenvalue weighted by Gasteiger charge is -2.12. The van der Waals surface area contributed by atoms with Crippen LogP contribution in [0.3, 0.4) is 0 Å². The summed E-state index contributed by atoms with van der Waals surface area (Å²) in [5, 5.41) is 10.3. The van der Waals surface area contributed by atoms with Gasteiger partial charge in [0.2, 0.25) is 0 Å². The monoisotopic (exact) mass is 348 g/mol. The maximum Gasteiger partial charge on any atom is 0.416 e. The predicted octanol–water partition coefficient (Wildman–Crippen LogP) is 3.54. The normalized spacial score (nSPS) is 11.3. The molecule has 1 heterocycles. The first-order valence-electron chi connectivity index (χ1n) is 6.24. The Balaban J connectivity index is 1.84. The fraction of sp³-hybridized carbons (Fsp3) is 0.231. The van der Waals surface area contributed by atoms with E-state index in [2.05, 4.69) is 15.7 Å². The van der Waals surface area contributed by atoms with Crippen LogP contribution in [0.15, 0.2) is 36.7 Å². The summed E-state index contributed by atoms with van der Waals surface area (Å²) >= 11 is 10.8. The van der Waals surface area contributed by atoms with Crippen molar-refractivity contribution >= 4 is 34.6 Å². The van der Waals surface area contributed by atoms with Gasteiger partial charge in [0.25, 0.3) is 0 Å². The third-order valence-corrected chi connectivity index (χ3v) is 3.12. The Morgan fingerprint density at radius 1 is 1.36 bits per heavy atom. The molecule has 118 valence electrons. The molecule has 2 rings (SSSR count). The summed E-state index contributed by atoms with van der Waals surface area (Å²) in [6, 6.07) is 4.83. The summed E-state index contributed by atoms with van der Waals surface area (Å²) in [5.74, 6) is 0. The van der Waals surface area contributed by atoms with Crippen LogP contribution in [0, 0.1) is 0 Å². The fourth-order valence-electron chi connectivity index (χ4n) is 1.69. The Kier molecular flexibility index (Phi) is 5.25. The van der Waals surface area contributed by atoms with Crippen LogP contribution in [0.25, 0.3) is 0 Å². The first-order valence-corrected chi connectivity index (χ1v) is 7.03. The van der Waals surface area contributed by atoms with Crippen molar-refractivity contribution in [2.75, 3.05) is 11.9 Å². The van der Waals surface area contributed by atoms with Gasteiger partial charge in [0.15, 0.2) is 5.11 Å². The average Bonchev–Trinajstić information content (AvgIpc) is 2.84. The number of anilines is 1. The Morgan fingerprint density at radius 2 is 2.14 bits per heavy atom. The van der Waals surface area contributed by atoms with E-state index < -0.39 is 11.7 Å². The van der Waals surface area contributed by atoms with E-state index in [1.54, 1.807) is 10.9 Å². The van der Waals surface area contributed by atoms with Crippen LogP contribution in [0.2, 0.25) is 5.02 Å². The molecule has 0 bridgehead atoms. The lowest BCUT2D eigenvalue weighted by atomic mass is 10.2. The van der Waals surface area contributed by atoms with Gasteiger partial charge in [0.05, 0.1) is 23.3 Å². The molecule has 4 nitrogen and oxygen atoms in total. The lowest BCUT2D eigenvalue weighted by molar-refractivity contribution is -0.137. The van der Waals surface area contributed by atoms with Crippen LogP contribution in [-0.4, -0.2) is 21.4 Å². The molecular weight excluding hydrogens is 337 g/mol. The molecule has 22 heavy (non-hydrogen) atoms. The molecule has 0 aliphatic carbocycles. The zero-order valence-corrected chi connectivity index (χ0v) is 12.8. The number of rotatable bonds is 4. The third kappa shape index (κ3) is 4.88. The highest BCUT2D eigenvalue weighted by Gasteiger charge is 2.30. The average molecular weight is 349 g/mol. The van der Waals surface area contributed by atoms with Crippen molar-refractivity contribution in [1.82, 2.24) is 15.1 Å². The minimum atomic E-state index is -4.38. The molecule has 0 atom stereocenters. The first kappa shape index (κ1) is 16.6. The molecule has 0 amide bonds. The van der Waals surface area contributed by atoms with E-state index >= 15 is 0 Å². The zero-order chi connectivity index (χ0) is 16.2. The van der Waals surface area contributed by atoms with Gasteiger partial charge < -0.3 is 10.6 Å². The maximum atomic E-state index is 12.6. The zero-order valence-electron chi connectivity index (χ0n) is 11.2. The minimum absolute atomic E-state index is 0.234. The van der Waals surface area contributed by atoms with Crippen LogP contribution in [0.4, 0.5) is 18.9 Å². The molecule has 0 fully saturated rings.